The smallest absolute Gasteiger partial charge is 0.256 e. The van der Waals surface area contributed by atoms with Crippen molar-refractivity contribution in [2.24, 2.45) is 5.92 Å². The van der Waals surface area contributed by atoms with Gasteiger partial charge in [0.1, 0.15) is 11.4 Å². The van der Waals surface area contributed by atoms with Gasteiger partial charge in [0.25, 0.3) is 5.91 Å². The van der Waals surface area contributed by atoms with Gasteiger partial charge in [0, 0.05) is 12.3 Å². The summed E-state index contributed by atoms with van der Waals surface area (Å²) in [5.74, 6) is 1.37. The molecule has 0 unspecified atom stereocenters. The second-order valence-corrected chi connectivity index (χ2v) is 7.90. The molecule has 0 heterocycles. The lowest BCUT2D eigenvalue weighted by atomic mass is 9.92. The molecule has 0 spiro atoms. The van der Waals surface area contributed by atoms with E-state index >= 15 is 0 Å². The number of carbonyl (C=O) groups is 1. The van der Waals surface area contributed by atoms with E-state index in [-0.39, 0.29) is 5.91 Å². The highest BCUT2D eigenvalue weighted by molar-refractivity contribution is 5.97. The highest BCUT2D eigenvalue weighted by atomic mass is 16.5. The van der Waals surface area contributed by atoms with Crippen LogP contribution in [0.15, 0.2) is 18.2 Å². The summed E-state index contributed by atoms with van der Waals surface area (Å²) in [6.45, 7) is 9.69. The maximum atomic E-state index is 13.1. The third-order valence-corrected chi connectivity index (χ3v) is 4.91. The van der Waals surface area contributed by atoms with Gasteiger partial charge in [-0.2, -0.15) is 0 Å². The van der Waals surface area contributed by atoms with Gasteiger partial charge in [0.2, 0.25) is 0 Å². The number of hydrogen-bond acceptors (Lipinski definition) is 3. The first-order chi connectivity index (χ1) is 12.5. The highest BCUT2D eigenvalue weighted by Crippen LogP contribution is 2.32. The number of amides is 1. The average molecular weight is 362 g/mol. The van der Waals surface area contributed by atoms with Crippen LogP contribution in [0.25, 0.3) is 0 Å². The SMILES string of the molecule is CCCOC1(C(=O)Nc2ccc(OCC(C)C)c(C)c2)CCCCCC1. The molecule has 0 radical (unpaired) electrons. The Morgan fingerprint density at radius 1 is 1.19 bits per heavy atom. The van der Waals surface area contributed by atoms with Crippen LogP contribution >= 0.6 is 0 Å². The molecular formula is C22H35NO3. The Morgan fingerprint density at radius 2 is 1.88 bits per heavy atom. The van der Waals surface area contributed by atoms with Crippen molar-refractivity contribution >= 4 is 11.6 Å². The van der Waals surface area contributed by atoms with Crippen LogP contribution < -0.4 is 10.1 Å². The van der Waals surface area contributed by atoms with Crippen molar-refractivity contribution in [1.29, 1.82) is 0 Å². The van der Waals surface area contributed by atoms with Crippen LogP contribution in [0.5, 0.6) is 5.75 Å². The van der Waals surface area contributed by atoms with Gasteiger partial charge in [-0.15, -0.1) is 0 Å². The summed E-state index contributed by atoms with van der Waals surface area (Å²) < 4.78 is 11.9. The van der Waals surface area contributed by atoms with E-state index in [1.54, 1.807) is 0 Å². The predicted molar refractivity (Wildman–Crippen MR) is 107 cm³/mol. The van der Waals surface area contributed by atoms with Crippen molar-refractivity contribution in [2.45, 2.75) is 78.2 Å². The summed E-state index contributed by atoms with van der Waals surface area (Å²) in [5.41, 5.74) is 1.17. The van der Waals surface area contributed by atoms with Crippen LogP contribution in [0.1, 0.15) is 71.3 Å². The maximum absolute atomic E-state index is 13.1. The van der Waals surface area contributed by atoms with Crippen LogP contribution in [-0.4, -0.2) is 24.7 Å². The van der Waals surface area contributed by atoms with Gasteiger partial charge in [-0.3, -0.25) is 4.79 Å². The quantitative estimate of drug-likeness (QED) is 0.623. The Morgan fingerprint density at radius 3 is 2.46 bits per heavy atom. The molecule has 1 aromatic carbocycles. The third kappa shape index (κ3) is 5.73. The molecule has 1 aromatic rings. The minimum Gasteiger partial charge on any atom is -0.493 e. The number of nitrogens with one attached hydrogen (secondary N) is 1. The normalized spacial score (nSPS) is 17.0. The van der Waals surface area contributed by atoms with E-state index in [1.807, 2.05) is 25.1 Å². The minimum atomic E-state index is -0.673. The lowest BCUT2D eigenvalue weighted by molar-refractivity contribution is -0.143. The van der Waals surface area contributed by atoms with E-state index in [0.717, 1.165) is 49.1 Å². The molecule has 0 bridgehead atoms. The molecule has 1 fully saturated rings. The van der Waals surface area contributed by atoms with Gasteiger partial charge in [0.05, 0.1) is 6.61 Å². The highest BCUT2D eigenvalue weighted by Gasteiger charge is 2.39. The fourth-order valence-corrected chi connectivity index (χ4v) is 3.42. The number of aryl methyl sites for hydroxylation is 1. The average Bonchev–Trinajstić information content (AvgIpc) is 2.85. The van der Waals surface area contributed by atoms with Gasteiger partial charge in [-0.25, -0.2) is 0 Å². The molecular weight excluding hydrogens is 326 g/mol. The van der Waals surface area contributed by atoms with Crippen LogP contribution in [0.4, 0.5) is 5.69 Å². The summed E-state index contributed by atoms with van der Waals surface area (Å²) in [7, 11) is 0. The maximum Gasteiger partial charge on any atom is 0.256 e. The zero-order valence-corrected chi connectivity index (χ0v) is 16.9. The summed E-state index contributed by atoms with van der Waals surface area (Å²) in [6, 6.07) is 5.85. The third-order valence-electron chi connectivity index (χ3n) is 4.91. The van der Waals surface area contributed by atoms with Crippen molar-refractivity contribution < 1.29 is 14.3 Å². The molecule has 1 saturated carbocycles. The predicted octanol–water partition coefficient (Wildman–Crippen LogP) is 5.49. The van der Waals surface area contributed by atoms with Crippen molar-refractivity contribution in [3.05, 3.63) is 23.8 Å². The topological polar surface area (TPSA) is 47.6 Å². The Bertz CT molecular complexity index is 575. The fraction of sp³-hybridized carbons (Fsp3) is 0.682. The lowest BCUT2D eigenvalue weighted by Crippen LogP contribution is -2.45. The Kier molecular flexibility index (Phi) is 7.95. The van der Waals surface area contributed by atoms with Crippen molar-refractivity contribution in [2.75, 3.05) is 18.5 Å². The van der Waals surface area contributed by atoms with Crippen LogP contribution in [0.2, 0.25) is 0 Å². The lowest BCUT2D eigenvalue weighted by Gasteiger charge is -2.31. The second kappa shape index (κ2) is 9.96. The first-order valence-corrected chi connectivity index (χ1v) is 10.2. The first-order valence-electron chi connectivity index (χ1n) is 10.2. The first kappa shape index (κ1) is 20.8. The van der Waals surface area contributed by atoms with E-state index in [2.05, 4.69) is 26.1 Å². The van der Waals surface area contributed by atoms with Crippen molar-refractivity contribution in [3.8, 4) is 5.75 Å². The Labute approximate surface area is 158 Å². The van der Waals surface area contributed by atoms with E-state index < -0.39 is 5.60 Å². The number of rotatable bonds is 8. The molecule has 1 aliphatic rings. The van der Waals surface area contributed by atoms with Crippen molar-refractivity contribution in [3.63, 3.8) is 0 Å². The molecule has 4 heteroatoms. The van der Waals surface area contributed by atoms with Gasteiger partial charge < -0.3 is 14.8 Å². The van der Waals surface area contributed by atoms with Crippen LogP contribution in [0.3, 0.4) is 0 Å². The Hall–Kier alpha value is -1.55. The summed E-state index contributed by atoms with van der Waals surface area (Å²) in [5, 5.41) is 3.10. The summed E-state index contributed by atoms with van der Waals surface area (Å²) >= 11 is 0. The molecule has 1 aliphatic carbocycles. The van der Waals surface area contributed by atoms with E-state index in [9.17, 15) is 4.79 Å². The number of hydrogen-bond donors (Lipinski definition) is 1. The number of anilines is 1. The zero-order chi connectivity index (χ0) is 19.0. The summed E-state index contributed by atoms with van der Waals surface area (Å²) in [6.07, 6.45) is 7.03. The van der Waals surface area contributed by atoms with Crippen molar-refractivity contribution in [1.82, 2.24) is 0 Å². The van der Waals surface area contributed by atoms with Gasteiger partial charge in [-0.1, -0.05) is 46.5 Å². The van der Waals surface area contributed by atoms with Gasteiger partial charge in [0.15, 0.2) is 0 Å². The molecule has 0 saturated heterocycles. The van der Waals surface area contributed by atoms with E-state index in [4.69, 9.17) is 9.47 Å². The molecule has 146 valence electrons. The molecule has 26 heavy (non-hydrogen) atoms. The number of carbonyl (C=O) groups excluding carboxylic acids is 1. The minimum absolute atomic E-state index is 0.00287. The van der Waals surface area contributed by atoms with Gasteiger partial charge in [-0.05, 0) is 55.9 Å². The molecule has 0 aliphatic heterocycles. The monoisotopic (exact) mass is 361 g/mol. The zero-order valence-electron chi connectivity index (χ0n) is 16.9. The largest absolute Gasteiger partial charge is 0.493 e. The molecule has 0 aromatic heterocycles. The standard InChI is InChI=1S/C22H35NO3/c1-5-14-26-22(12-8-6-7-9-13-22)21(24)23-19-10-11-20(18(4)15-19)25-16-17(2)3/h10-11,15,17H,5-9,12-14,16H2,1-4H3,(H,23,24). The number of benzene rings is 1. The van der Waals surface area contributed by atoms with E-state index in [0.29, 0.717) is 19.1 Å². The Balaban J connectivity index is 2.09. The van der Waals surface area contributed by atoms with Crippen LogP contribution in [0, 0.1) is 12.8 Å². The molecule has 1 amide bonds. The van der Waals surface area contributed by atoms with Gasteiger partial charge >= 0.3 is 0 Å². The summed E-state index contributed by atoms with van der Waals surface area (Å²) in [4.78, 5) is 13.1. The molecule has 2 rings (SSSR count). The molecule has 1 N–H and O–H groups in total. The fourth-order valence-electron chi connectivity index (χ4n) is 3.42. The second-order valence-electron chi connectivity index (χ2n) is 7.90. The molecule has 4 nitrogen and oxygen atoms in total. The van der Waals surface area contributed by atoms with E-state index in [1.165, 1.54) is 12.8 Å². The number of ether oxygens (including phenoxy) is 2. The van der Waals surface area contributed by atoms with Crippen LogP contribution in [-0.2, 0) is 9.53 Å². The molecule has 0 atom stereocenters.